The molecule has 0 saturated carbocycles. The molecule has 0 aliphatic carbocycles. The number of hydrogen-bond donors (Lipinski definition) is 1. The van der Waals surface area contributed by atoms with Crippen molar-refractivity contribution < 1.29 is 22.7 Å². The van der Waals surface area contributed by atoms with E-state index < -0.39 is 10.0 Å². The number of benzene rings is 1. The molecule has 0 aromatic heterocycles. The standard InChI is InChI=1S/C18H27N3O5S/c1-14(15-5-6-16-17(13-15)26-11-10-25-16)20(2)18(22)19-7-12-27(23,24)21-8-3-4-9-21/h5-6,13-14H,3-4,7-12H2,1-2H3,(H,19,22)/t14-/m0/s1. The van der Waals surface area contributed by atoms with Crippen LogP contribution in [-0.2, 0) is 10.0 Å². The number of urea groups is 1. The van der Waals surface area contributed by atoms with Gasteiger partial charge in [0, 0.05) is 26.7 Å². The van der Waals surface area contributed by atoms with Crippen molar-refractivity contribution in [3.63, 3.8) is 0 Å². The topological polar surface area (TPSA) is 88.2 Å². The molecule has 2 heterocycles. The van der Waals surface area contributed by atoms with Gasteiger partial charge in [0.1, 0.15) is 13.2 Å². The highest BCUT2D eigenvalue weighted by molar-refractivity contribution is 7.89. The Morgan fingerprint density at radius 1 is 1.22 bits per heavy atom. The van der Waals surface area contributed by atoms with Gasteiger partial charge in [-0.05, 0) is 37.5 Å². The number of carbonyl (C=O) groups excluding carboxylic acids is 1. The van der Waals surface area contributed by atoms with Crippen LogP contribution in [0, 0.1) is 0 Å². The molecule has 1 atom stereocenters. The van der Waals surface area contributed by atoms with Crippen molar-refractivity contribution >= 4 is 16.1 Å². The number of amides is 2. The first-order chi connectivity index (χ1) is 12.9. The molecule has 2 aliphatic heterocycles. The zero-order valence-electron chi connectivity index (χ0n) is 15.8. The van der Waals surface area contributed by atoms with Crippen molar-refractivity contribution in [2.75, 3.05) is 45.6 Å². The molecule has 1 N–H and O–H groups in total. The fourth-order valence-electron chi connectivity index (χ4n) is 3.23. The number of ether oxygens (including phenoxy) is 2. The number of nitrogens with zero attached hydrogens (tertiary/aromatic N) is 2. The minimum absolute atomic E-state index is 0.0784. The van der Waals surface area contributed by atoms with Crippen LogP contribution in [-0.4, -0.2) is 69.3 Å². The quantitative estimate of drug-likeness (QED) is 0.788. The third kappa shape index (κ3) is 4.65. The predicted octanol–water partition coefficient (Wildman–Crippen LogP) is 1.59. The normalized spacial score (nSPS) is 18.1. The summed E-state index contributed by atoms with van der Waals surface area (Å²) in [7, 11) is -1.61. The first-order valence-electron chi connectivity index (χ1n) is 9.26. The lowest BCUT2D eigenvalue weighted by Crippen LogP contribution is -2.42. The maximum absolute atomic E-state index is 12.4. The lowest BCUT2D eigenvalue weighted by Gasteiger charge is -2.27. The van der Waals surface area contributed by atoms with Crippen LogP contribution < -0.4 is 14.8 Å². The van der Waals surface area contributed by atoms with Crippen LogP contribution in [0.1, 0.15) is 31.4 Å². The zero-order valence-corrected chi connectivity index (χ0v) is 16.6. The van der Waals surface area contributed by atoms with Crippen molar-refractivity contribution in [2.24, 2.45) is 0 Å². The van der Waals surface area contributed by atoms with Gasteiger partial charge < -0.3 is 19.7 Å². The van der Waals surface area contributed by atoms with Crippen LogP contribution in [0.4, 0.5) is 4.79 Å². The maximum atomic E-state index is 12.4. The Hall–Kier alpha value is -2.00. The SMILES string of the molecule is C[C@@H](c1ccc2c(c1)OCCO2)N(C)C(=O)NCCS(=O)(=O)N1CCCC1. The van der Waals surface area contributed by atoms with Gasteiger partial charge in [0.05, 0.1) is 11.8 Å². The van der Waals surface area contributed by atoms with E-state index in [0.29, 0.717) is 37.8 Å². The second-order valence-electron chi connectivity index (χ2n) is 6.84. The van der Waals surface area contributed by atoms with E-state index in [0.717, 1.165) is 18.4 Å². The number of rotatable bonds is 6. The Kier molecular flexibility index (Phi) is 6.11. The molecule has 1 fully saturated rings. The van der Waals surface area contributed by atoms with E-state index in [1.165, 1.54) is 4.31 Å². The summed E-state index contributed by atoms with van der Waals surface area (Å²) in [5, 5.41) is 2.70. The van der Waals surface area contributed by atoms with Crippen molar-refractivity contribution in [1.82, 2.24) is 14.5 Å². The van der Waals surface area contributed by atoms with Gasteiger partial charge in [-0.1, -0.05) is 6.07 Å². The molecule has 9 heteroatoms. The summed E-state index contributed by atoms with van der Waals surface area (Å²) in [5.41, 5.74) is 0.918. The van der Waals surface area contributed by atoms with E-state index in [-0.39, 0.29) is 24.4 Å². The predicted molar refractivity (Wildman–Crippen MR) is 102 cm³/mol. The average molecular weight is 397 g/mol. The summed E-state index contributed by atoms with van der Waals surface area (Å²) >= 11 is 0. The molecule has 2 amide bonds. The fraction of sp³-hybridized carbons (Fsp3) is 0.611. The summed E-state index contributed by atoms with van der Waals surface area (Å²) in [4.78, 5) is 14.0. The van der Waals surface area contributed by atoms with E-state index in [1.54, 1.807) is 11.9 Å². The molecule has 0 radical (unpaired) electrons. The van der Waals surface area contributed by atoms with Gasteiger partial charge in [0.2, 0.25) is 10.0 Å². The number of sulfonamides is 1. The number of nitrogens with one attached hydrogen (secondary N) is 1. The molecule has 1 saturated heterocycles. The van der Waals surface area contributed by atoms with Gasteiger partial charge in [-0.3, -0.25) is 0 Å². The van der Waals surface area contributed by atoms with Gasteiger partial charge in [-0.25, -0.2) is 17.5 Å². The number of fused-ring (bicyclic) bond motifs is 1. The van der Waals surface area contributed by atoms with Crippen LogP contribution in [0.15, 0.2) is 18.2 Å². The molecular weight excluding hydrogens is 370 g/mol. The minimum Gasteiger partial charge on any atom is -0.486 e. The Balaban J connectivity index is 1.53. The largest absolute Gasteiger partial charge is 0.486 e. The summed E-state index contributed by atoms with van der Waals surface area (Å²) in [6.45, 7) is 4.20. The number of hydrogen-bond acceptors (Lipinski definition) is 5. The fourth-order valence-corrected chi connectivity index (χ4v) is 4.66. The van der Waals surface area contributed by atoms with Crippen LogP contribution in [0.25, 0.3) is 0 Å². The molecule has 1 aromatic rings. The summed E-state index contributed by atoms with van der Waals surface area (Å²) in [5.74, 6) is 1.30. The molecule has 0 unspecified atom stereocenters. The Bertz CT molecular complexity index is 777. The van der Waals surface area contributed by atoms with Crippen molar-refractivity contribution in [3.05, 3.63) is 23.8 Å². The molecule has 150 valence electrons. The molecule has 27 heavy (non-hydrogen) atoms. The lowest BCUT2D eigenvalue weighted by molar-refractivity contribution is 0.170. The molecule has 2 aliphatic rings. The first-order valence-corrected chi connectivity index (χ1v) is 10.9. The van der Waals surface area contributed by atoms with E-state index in [2.05, 4.69) is 5.32 Å². The highest BCUT2D eigenvalue weighted by Crippen LogP contribution is 2.33. The third-order valence-electron chi connectivity index (χ3n) is 5.04. The van der Waals surface area contributed by atoms with E-state index in [1.807, 2.05) is 25.1 Å². The molecule has 1 aromatic carbocycles. The monoisotopic (exact) mass is 397 g/mol. The Morgan fingerprint density at radius 2 is 1.89 bits per heavy atom. The van der Waals surface area contributed by atoms with Gasteiger partial charge in [-0.2, -0.15) is 0 Å². The Morgan fingerprint density at radius 3 is 2.59 bits per heavy atom. The smallest absolute Gasteiger partial charge is 0.317 e. The van der Waals surface area contributed by atoms with Gasteiger partial charge >= 0.3 is 6.03 Å². The molecular formula is C18H27N3O5S. The first kappa shape index (κ1) is 19.8. The van der Waals surface area contributed by atoms with E-state index >= 15 is 0 Å². The van der Waals surface area contributed by atoms with Gasteiger partial charge in [-0.15, -0.1) is 0 Å². The third-order valence-corrected chi connectivity index (χ3v) is 6.92. The number of carbonyl (C=O) groups is 1. The molecule has 8 nitrogen and oxygen atoms in total. The summed E-state index contributed by atoms with van der Waals surface area (Å²) < 4.78 is 37.0. The van der Waals surface area contributed by atoms with Crippen molar-refractivity contribution in [2.45, 2.75) is 25.8 Å². The summed E-state index contributed by atoms with van der Waals surface area (Å²) in [6, 6.07) is 5.11. The molecule has 0 spiro atoms. The van der Waals surface area contributed by atoms with Crippen LogP contribution in [0.2, 0.25) is 0 Å². The molecule has 0 bridgehead atoms. The lowest BCUT2D eigenvalue weighted by atomic mass is 10.1. The maximum Gasteiger partial charge on any atom is 0.317 e. The second kappa shape index (κ2) is 8.35. The van der Waals surface area contributed by atoms with Gasteiger partial charge in [0.15, 0.2) is 11.5 Å². The highest BCUT2D eigenvalue weighted by atomic mass is 32.2. The summed E-state index contributed by atoms with van der Waals surface area (Å²) in [6.07, 6.45) is 1.81. The van der Waals surface area contributed by atoms with Crippen LogP contribution in [0.3, 0.4) is 0 Å². The van der Waals surface area contributed by atoms with Crippen molar-refractivity contribution in [1.29, 1.82) is 0 Å². The van der Waals surface area contributed by atoms with E-state index in [9.17, 15) is 13.2 Å². The van der Waals surface area contributed by atoms with E-state index in [4.69, 9.17) is 9.47 Å². The Labute approximate surface area is 160 Å². The average Bonchev–Trinajstić information content (AvgIpc) is 3.22. The highest BCUT2D eigenvalue weighted by Gasteiger charge is 2.25. The zero-order chi connectivity index (χ0) is 19.4. The second-order valence-corrected chi connectivity index (χ2v) is 8.93. The van der Waals surface area contributed by atoms with Crippen LogP contribution in [0.5, 0.6) is 11.5 Å². The minimum atomic E-state index is -3.29. The molecule has 3 rings (SSSR count). The van der Waals surface area contributed by atoms with Crippen LogP contribution >= 0.6 is 0 Å². The van der Waals surface area contributed by atoms with Gasteiger partial charge in [0.25, 0.3) is 0 Å². The van der Waals surface area contributed by atoms with Crippen molar-refractivity contribution in [3.8, 4) is 11.5 Å².